The number of carbonyl (C=O) groups is 2. The standard InChI is InChI=1S/C23H29N3O2/c1-5-21(27)26-14-15-12-20-18(17-9-8-10-19(26)22(15)17)11-16(13-24(20)4)23(28)25(6-2)7-3/h8-11,14,16,20H,5-7,12-13H2,1-4H3. The van der Waals surface area contributed by atoms with Crippen molar-refractivity contribution in [3.63, 3.8) is 0 Å². The van der Waals surface area contributed by atoms with E-state index < -0.39 is 0 Å². The van der Waals surface area contributed by atoms with Crippen molar-refractivity contribution in [1.29, 1.82) is 0 Å². The van der Waals surface area contributed by atoms with Crippen LogP contribution in [-0.4, -0.2) is 58.9 Å². The summed E-state index contributed by atoms with van der Waals surface area (Å²) in [6.07, 6.45) is 5.59. The summed E-state index contributed by atoms with van der Waals surface area (Å²) < 4.78 is 1.81. The first-order chi connectivity index (χ1) is 13.5. The molecule has 5 nitrogen and oxygen atoms in total. The molecule has 0 spiro atoms. The highest BCUT2D eigenvalue weighted by atomic mass is 16.2. The zero-order chi connectivity index (χ0) is 20.0. The maximum Gasteiger partial charge on any atom is 0.230 e. The second kappa shape index (κ2) is 7.21. The van der Waals surface area contributed by atoms with Gasteiger partial charge >= 0.3 is 0 Å². The van der Waals surface area contributed by atoms with Crippen molar-refractivity contribution in [2.24, 2.45) is 5.92 Å². The van der Waals surface area contributed by atoms with E-state index in [1.54, 1.807) is 0 Å². The Morgan fingerprint density at radius 3 is 2.61 bits per heavy atom. The molecule has 1 aromatic carbocycles. The van der Waals surface area contributed by atoms with E-state index in [9.17, 15) is 9.59 Å². The van der Waals surface area contributed by atoms with E-state index in [0.29, 0.717) is 6.42 Å². The Kier molecular flexibility index (Phi) is 4.88. The van der Waals surface area contributed by atoms with Gasteiger partial charge in [-0.1, -0.05) is 25.1 Å². The number of amides is 1. The molecule has 2 atom stereocenters. The number of rotatable bonds is 4. The lowest BCUT2D eigenvalue weighted by molar-refractivity contribution is -0.134. The molecule has 0 radical (unpaired) electrons. The summed E-state index contributed by atoms with van der Waals surface area (Å²) in [6.45, 7) is 8.18. The van der Waals surface area contributed by atoms with Gasteiger partial charge in [-0.3, -0.25) is 19.1 Å². The molecule has 148 valence electrons. The van der Waals surface area contributed by atoms with Crippen LogP contribution in [0.3, 0.4) is 0 Å². The summed E-state index contributed by atoms with van der Waals surface area (Å²) in [4.78, 5) is 29.7. The van der Waals surface area contributed by atoms with Crippen LogP contribution in [0, 0.1) is 5.92 Å². The van der Waals surface area contributed by atoms with Gasteiger partial charge in [0.2, 0.25) is 11.8 Å². The van der Waals surface area contributed by atoms with Crippen LogP contribution in [0.5, 0.6) is 0 Å². The molecular weight excluding hydrogens is 350 g/mol. The number of benzene rings is 1. The van der Waals surface area contributed by atoms with Crippen LogP contribution < -0.4 is 0 Å². The largest absolute Gasteiger partial charge is 0.343 e. The predicted molar refractivity (Wildman–Crippen MR) is 112 cm³/mol. The first-order valence-electron chi connectivity index (χ1n) is 10.4. The first kappa shape index (κ1) is 18.9. The molecule has 2 aliphatic rings. The second-order valence-electron chi connectivity index (χ2n) is 7.87. The van der Waals surface area contributed by atoms with Crippen LogP contribution in [0.1, 0.15) is 43.1 Å². The van der Waals surface area contributed by atoms with Crippen molar-refractivity contribution < 1.29 is 9.59 Å². The van der Waals surface area contributed by atoms with Gasteiger partial charge in [-0.05, 0) is 50.1 Å². The van der Waals surface area contributed by atoms with E-state index >= 15 is 0 Å². The Labute approximate surface area is 166 Å². The molecule has 1 aliphatic heterocycles. The fraction of sp³-hybridized carbons (Fsp3) is 0.478. The average molecular weight is 380 g/mol. The Bertz CT molecular complexity index is 968. The normalized spacial score (nSPS) is 21.4. The fourth-order valence-corrected chi connectivity index (χ4v) is 4.86. The van der Waals surface area contributed by atoms with Crippen molar-refractivity contribution in [3.8, 4) is 0 Å². The average Bonchev–Trinajstić information content (AvgIpc) is 3.09. The highest BCUT2D eigenvalue weighted by molar-refractivity contribution is 6.03. The van der Waals surface area contributed by atoms with Gasteiger partial charge in [0.05, 0.1) is 11.4 Å². The summed E-state index contributed by atoms with van der Waals surface area (Å²) >= 11 is 0. The smallest absolute Gasteiger partial charge is 0.230 e. The molecule has 0 fully saturated rings. The number of likely N-dealkylation sites (N-methyl/N-ethyl adjacent to an activating group) is 1. The lowest BCUT2D eigenvalue weighted by Crippen LogP contribution is -2.47. The summed E-state index contributed by atoms with van der Waals surface area (Å²) in [6, 6.07) is 6.45. The quantitative estimate of drug-likeness (QED) is 0.818. The predicted octanol–water partition coefficient (Wildman–Crippen LogP) is 3.43. The topological polar surface area (TPSA) is 45.6 Å². The third-order valence-electron chi connectivity index (χ3n) is 6.35. The van der Waals surface area contributed by atoms with E-state index in [2.05, 4.69) is 24.1 Å². The van der Waals surface area contributed by atoms with Crippen molar-refractivity contribution in [1.82, 2.24) is 14.4 Å². The summed E-state index contributed by atoms with van der Waals surface area (Å²) in [5.74, 6) is 0.210. The number of aromatic nitrogens is 1. The monoisotopic (exact) mass is 379 g/mol. The van der Waals surface area contributed by atoms with Gasteiger partial charge in [-0.15, -0.1) is 0 Å². The van der Waals surface area contributed by atoms with Crippen LogP contribution in [0.4, 0.5) is 0 Å². The minimum atomic E-state index is -0.118. The van der Waals surface area contributed by atoms with Gasteiger partial charge in [0.15, 0.2) is 0 Å². The summed E-state index contributed by atoms with van der Waals surface area (Å²) in [7, 11) is 2.11. The molecule has 0 N–H and O–H groups in total. The van der Waals surface area contributed by atoms with Gasteiger partial charge in [0, 0.05) is 43.7 Å². The number of nitrogens with zero attached hydrogens (tertiary/aromatic N) is 3. The maximum atomic E-state index is 13.0. The molecule has 5 heteroatoms. The fourth-order valence-electron chi connectivity index (χ4n) is 4.86. The first-order valence-corrected chi connectivity index (χ1v) is 10.4. The zero-order valence-corrected chi connectivity index (χ0v) is 17.2. The van der Waals surface area contributed by atoms with Crippen molar-refractivity contribution in [3.05, 3.63) is 41.6 Å². The van der Waals surface area contributed by atoms with Crippen LogP contribution in [0.15, 0.2) is 30.5 Å². The third kappa shape index (κ3) is 2.80. The van der Waals surface area contributed by atoms with Gasteiger partial charge in [0.1, 0.15) is 0 Å². The van der Waals surface area contributed by atoms with E-state index in [1.807, 2.05) is 48.6 Å². The lowest BCUT2D eigenvalue weighted by atomic mass is 9.79. The Morgan fingerprint density at radius 2 is 1.93 bits per heavy atom. The molecule has 2 unspecified atom stereocenters. The van der Waals surface area contributed by atoms with E-state index in [0.717, 1.165) is 31.6 Å². The van der Waals surface area contributed by atoms with Crippen molar-refractivity contribution >= 4 is 28.3 Å². The summed E-state index contributed by atoms with van der Waals surface area (Å²) in [5, 5.41) is 1.18. The summed E-state index contributed by atoms with van der Waals surface area (Å²) in [5.41, 5.74) is 4.63. The number of hydrogen-bond donors (Lipinski definition) is 0. The lowest BCUT2D eigenvalue weighted by Gasteiger charge is -2.40. The molecule has 0 saturated carbocycles. The van der Waals surface area contributed by atoms with Gasteiger partial charge < -0.3 is 4.90 Å². The molecule has 4 rings (SSSR count). The highest BCUT2D eigenvalue weighted by Gasteiger charge is 2.37. The molecule has 2 heterocycles. The van der Waals surface area contributed by atoms with Crippen LogP contribution in [-0.2, 0) is 11.2 Å². The molecule has 28 heavy (non-hydrogen) atoms. The van der Waals surface area contributed by atoms with Crippen LogP contribution in [0.25, 0.3) is 16.5 Å². The van der Waals surface area contributed by atoms with E-state index in [1.165, 1.54) is 22.1 Å². The Hall–Kier alpha value is -2.40. The number of fused-ring (bicyclic) bond motifs is 2. The van der Waals surface area contributed by atoms with E-state index in [-0.39, 0.29) is 23.8 Å². The Balaban J connectivity index is 1.84. The molecule has 1 aromatic heterocycles. The van der Waals surface area contributed by atoms with Gasteiger partial charge in [0.25, 0.3) is 0 Å². The number of hydrogen-bond acceptors (Lipinski definition) is 3. The van der Waals surface area contributed by atoms with Crippen molar-refractivity contribution in [2.75, 3.05) is 26.7 Å². The maximum absolute atomic E-state index is 13.0. The Morgan fingerprint density at radius 1 is 1.18 bits per heavy atom. The highest BCUT2D eigenvalue weighted by Crippen LogP contribution is 2.41. The minimum Gasteiger partial charge on any atom is -0.343 e. The second-order valence-corrected chi connectivity index (χ2v) is 7.87. The molecule has 1 aliphatic carbocycles. The van der Waals surface area contributed by atoms with Crippen LogP contribution >= 0.6 is 0 Å². The zero-order valence-electron chi connectivity index (χ0n) is 17.2. The SMILES string of the molecule is CCC(=O)n1cc2c3c(cccc31)C1=CC(C(=O)N(CC)CC)CN(C)C1C2. The molecule has 1 amide bonds. The van der Waals surface area contributed by atoms with Crippen LogP contribution in [0.2, 0.25) is 0 Å². The molecule has 0 saturated heterocycles. The van der Waals surface area contributed by atoms with E-state index in [4.69, 9.17) is 0 Å². The van der Waals surface area contributed by atoms with Crippen molar-refractivity contribution in [2.45, 2.75) is 39.7 Å². The molecular formula is C23H29N3O2. The van der Waals surface area contributed by atoms with Gasteiger partial charge in [-0.2, -0.15) is 0 Å². The molecule has 2 aromatic rings. The molecule has 0 bridgehead atoms. The third-order valence-corrected chi connectivity index (χ3v) is 6.35. The van der Waals surface area contributed by atoms with Gasteiger partial charge in [-0.25, -0.2) is 0 Å². The minimum absolute atomic E-state index is 0.118. The number of carbonyl (C=O) groups excluding carboxylic acids is 2.